The molecule has 0 aliphatic heterocycles. The molecule has 5 heteroatoms. The summed E-state index contributed by atoms with van der Waals surface area (Å²) >= 11 is 3.53. The molecule has 2 aromatic rings. The van der Waals surface area contributed by atoms with E-state index in [-0.39, 0.29) is 0 Å². The van der Waals surface area contributed by atoms with E-state index in [4.69, 9.17) is 4.74 Å². The van der Waals surface area contributed by atoms with E-state index in [1.807, 2.05) is 31.8 Å². The standard InChI is InChI=1S/C15H20BrN3O/c1-10-5-13(16)7-12(8-17-3)15(10)20-9-14-6-11(2)18-19(14)4/h5-7,17H,8-9H2,1-4H3. The van der Waals surface area contributed by atoms with Crippen LogP contribution in [0.4, 0.5) is 0 Å². The molecular weight excluding hydrogens is 318 g/mol. The second-order valence-electron chi connectivity index (χ2n) is 4.93. The Morgan fingerprint density at radius 1 is 1.30 bits per heavy atom. The van der Waals surface area contributed by atoms with E-state index in [0.717, 1.165) is 39.3 Å². The van der Waals surface area contributed by atoms with Crippen LogP contribution >= 0.6 is 15.9 Å². The summed E-state index contributed by atoms with van der Waals surface area (Å²) in [6.07, 6.45) is 0. The Morgan fingerprint density at radius 2 is 2.05 bits per heavy atom. The van der Waals surface area contributed by atoms with Crippen LogP contribution in [-0.2, 0) is 20.2 Å². The fourth-order valence-electron chi connectivity index (χ4n) is 2.27. The van der Waals surface area contributed by atoms with Crippen LogP contribution < -0.4 is 10.1 Å². The molecule has 2 rings (SSSR count). The number of nitrogens with one attached hydrogen (secondary N) is 1. The predicted octanol–water partition coefficient (Wildman–Crippen LogP) is 3.10. The molecule has 0 aliphatic carbocycles. The van der Waals surface area contributed by atoms with Crippen LogP contribution in [-0.4, -0.2) is 16.8 Å². The monoisotopic (exact) mass is 337 g/mol. The number of nitrogens with zero attached hydrogens (tertiary/aromatic N) is 2. The van der Waals surface area contributed by atoms with Crippen molar-refractivity contribution >= 4 is 15.9 Å². The molecule has 1 aromatic carbocycles. The molecule has 0 amide bonds. The third-order valence-electron chi connectivity index (χ3n) is 3.15. The van der Waals surface area contributed by atoms with Gasteiger partial charge in [0.1, 0.15) is 12.4 Å². The number of hydrogen-bond acceptors (Lipinski definition) is 3. The number of aryl methyl sites for hydroxylation is 3. The van der Waals surface area contributed by atoms with Crippen LogP contribution in [0.3, 0.4) is 0 Å². The van der Waals surface area contributed by atoms with Crippen LogP contribution in [0.1, 0.15) is 22.5 Å². The molecule has 0 bridgehead atoms. The Balaban J connectivity index is 2.22. The summed E-state index contributed by atoms with van der Waals surface area (Å²) in [4.78, 5) is 0. The lowest BCUT2D eigenvalue weighted by atomic mass is 10.1. The van der Waals surface area contributed by atoms with Crippen molar-refractivity contribution in [3.63, 3.8) is 0 Å². The summed E-state index contributed by atoms with van der Waals surface area (Å²) in [6.45, 7) is 5.35. The van der Waals surface area contributed by atoms with E-state index >= 15 is 0 Å². The van der Waals surface area contributed by atoms with Crippen LogP contribution in [0, 0.1) is 13.8 Å². The summed E-state index contributed by atoms with van der Waals surface area (Å²) in [6, 6.07) is 6.21. The van der Waals surface area contributed by atoms with Crippen molar-refractivity contribution in [2.45, 2.75) is 27.0 Å². The highest BCUT2D eigenvalue weighted by Gasteiger charge is 2.10. The Labute approximate surface area is 128 Å². The molecule has 0 aliphatic rings. The summed E-state index contributed by atoms with van der Waals surface area (Å²) < 4.78 is 8.97. The molecule has 0 radical (unpaired) electrons. The molecule has 0 unspecified atom stereocenters. The molecule has 0 saturated heterocycles. The predicted molar refractivity (Wildman–Crippen MR) is 83.9 cm³/mol. The third-order valence-corrected chi connectivity index (χ3v) is 3.60. The zero-order chi connectivity index (χ0) is 14.7. The highest BCUT2D eigenvalue weighted by atomic mass is 79.9. The van der Waals surface area contributed by atoms with Crippen molar-refractivity contribution in [3.05, 3.63) is 45.2 Å². The van der Waals surface area contributed by atoms with Crippen molar-refractivity contribution in [3.8, 4) is 5.75 Å². The van der Waals surface area contributed by atoms with Gasteiger partial charge in [-0.05, 0) is 44.7 Å². The zero-order valence-electron chi connectivity index (χ0n) is 12.3. The van der Waals surface area contributed by atoms with Gasteiger partial charge in [-0.3, -0.25) is 4.68 Å². The van der Waals surface area contributed by atoms with Crippen LogP contribution in [0.5, 0.6) is 5.75 Å². The van der Waals surface area contributed by atoms with Crippen molar-refractivity contribution in [2.75, 3.05) is 7.05 Å². The highest BCUT2D eigenvalue weighted by molar-refractivity contribution is 9.10. The average Bonchev–Trinajstić information content (AvgIpc) is 2.67. The number of rotatable bonds is 5. The van der Waals surface area contributed by atoms with Gasteiger partial charge in [0.2, 0.25) is 0 Å². The van der Waals surface area contributed by atoms with Crippen LogP contribution in [0.25, 0.3) is 0 Å². The van der Waals surface area contributed by atoms with Gasteiger partial charge in [0.25, 0.3) is 0 Å². The first-order valence-corrected chi connectivity index (χ1v) is 7.36. The highest BCUT2D eigenvalue weighted by Crippen LogP contribution is 2.28. The van der Waals surface area contributed by atoms with Crippen LogP contribution in [0.15, 0.2) is 22.7 Å². The van der Waals surface area contributed by atoms with E-state index in [1.165, 1.54) is 0 Å². The van der Waals surface area contributed by atoms with Gasteiger partial charge in [0.15, 0.2) is 0 Å². The lowest BCUT2D eigenvalue weighted by Crippen LogP contribution is -2.10. The molecule has 0 atom stereocenters. The summed E-state index contributed by atoms with van der Waals surface area (Å²) in [5, 5.41) is 7.51. The molecule has 0 fully saturated rings. The number of aromatic nitrogens is 2. The molecule has 20 heavy (non-hydrogen) atoms. The first kappa shape index (κ1) is 15.1. The minimum absolute atomic E-state index is 0.524. The average molecular weight is 338 g/mol. The fourth-order valence-corrected chi connectivity index (χ4v) is 2.89. The summed E-state index contributed by atoms with van der Waals surface area (Å²) in [5.41, 5.74) is 4.36. The number of halogens is 1. The second kappa shape index (κ2) is 6.41. The van der Waals surface area contributed by atoms with Gasteiger partial charge in [-0.1, -0.05) is 15.9 Å². The van der Waals surface area contributed by atoms with E-state index < -0.39 is 0 Å². The van der Waals surface area contributed by atoms with E-state index in [0.29, 0.717) is 6.61 Å². The summed E-state index contributed by atoms with van der Waals surface area (Å²) in [7, 11) is 3.87. The maximum atomic E-state index is 6.03. The Morgan fingerprint density at radius 3 is 2.65 bits per heavy atom. The molecule has 1 N–H and O–H groups in total. The molecule has 1 heterocycles. The van der Waals surface area contributed by atoms with Crippen molar-refractivity contribution in [1.82, 2.24) is 15.1 Å². The Kier molecular flexibility index (Phi) is 4.83. The van der Waals surface area contributed by atoms with Crippen molar-refractivity contribution in [1.29, 1.82) is 0 Å². The van der Waals surface area contributed by atoms with Gasteiger partial charge in [0, 0.05) is 23.6 Å². The maximum absolute atomic E-state index is 6.03. The topological polar surface area (TPSA) is 39.1 Å². The van der Waals surface area contributed by atoms with E-state index in [9.17, 15) is 0 Å². The quantitative estimate of drug-likeness (QED) is 0.911. The molecule has 0 saturated carbocycles. The smallest absolute Gasteiger partial charge is 0.130 e. The van der Waals surface area contributed by atoms with Crippen molar-refractivity contribution in [2.24, 2.45) is 7.05 Å². The van der Waals surface area contributed by atoms with E-state index in [1.54, 1.807) is 0 Å². The summed E-state index contributed by atoms with van der Waals surface area (Å²) in [5.74, 6) is 0.946. The first-order chi connectivity index (χ1) is 9.51. The SMILES string of the molecule is CNCc1cc(Br)cc(C)c1OCc1cc(C)nn1C. The molecule has 0 spiro atoms. The van der Waals surface area contributed by atoms with Gasteiger partial charge in [-0.2, -0.15) is 5.10 Å². The molecular formula is C15H20BrN3O. The molecule has 108 valence electrons. The van der Waals surface area contributed by atoms with E-state index in [2.05, 4.69) is 45.4 Å². The van der Waals surface area contributed by atoms with Gasteiger partial charge in [-0.25, -0.2) is 0 Å². The number of hydrogen-bond donors (Lipinski definition) is 1. The van der Waals surface area contributed by atoms with Gasteiger partial charge in [-0.15, -0.1) is 0 Å². The van der Waals surface area contributed by atoms with Gasteiger partial charge in [0.05, 0.1) is 11.4 Å². The second-order valence-corrected chi connectivity index (χ2v) is 5.85. The number of ether oxygens (including phenoxy) is 1. The van der Waals surface area contributed by atoms with Gasteiger partial charge >= 0.3 is 0 Å². The third kappa shape index (κ3) is 3.41. The Hall–Kier alpha value is -1.33. The minimum Gasteiger partial charge on any atom is -0.487 e. The molecule has 1 aromatic heterocycles. The van der Waals surface area contributed by atoms with Crippen molar-refractivity contribution < 1.29 is 4.74 Å². The largest absolute Gasteiger partial charge is 0.487 e. The fraction of sp³-hybridized carbons (Fsp3) is 0.400. The lowest BCUT2D eigenvalue weighted by Gasteiger charge is -2.15. The first-order valence-electron chi connectivity index (χ1n) is 6.57. The zero-order valence-corrected chi connectivity index (χ0v) is 13.9. The lowest BCUT2D eigenvalue weighted by molar-refractivity contribution is 0.289. The number of benzene rings is 1. The molecule has 4 nitrogen and oxygen atoms in total. The Bertz CT molecular complexity index is 607. The normalized spacial score (nSPS) is 10.8. The maximum Gasteiger partial charge on any atom is 0.130 e. The van der Waals surface area contributed by atoms with Gasteiger partial charge < -0.3 is 10.1 Å². The minimum atomic E-state index is 0.524. The van der Waals surface area contributed by atoms with Crippen LogP contribution in [0.2, 0.25) is 0 Å².